The monoisotopic (exact) mass is 465 g/mol. The van der Waals surface area contributed by atoms with Crippen LogP contribution in [0.3, 0.4) is 0 Å². The van der Waals surface area contributed by atoms with Gasteiger partial charge in [0.1, 0.15) is 5.82 Å². The van der Waals surface area contributed by atoms with Crippen LogP contribution in [-0.4, -0.2) is 30.9 Å². The topological polar surface area (TPSA) is 72.7 Å². The average molecular weight is 466 g/mol. The van der Waals surface area contributed by atoms with Crippen molar-refractivity contribution in [2.24, 2.45) is 0 Å². The van der Waals surface area contributed by atoms with Crippen LogP contribution in [0.1, 0.15) is 25.8 Å². The Morgan fingerprint density at radius 3 is 2.66 bits per heavy atom. The smallest absolute Gasteiger partial charge is 0.239 e. The zero-order chi connectivity index (χ0) is 22.1. The Morgan fingerprint density at radius 2 is 1.91 bits per heavy atom. The van der Waals surface area contributed by atoms with E-state index in [1.807, 2.05) is 47.2 Å². The molecule has 0 unspecified atom stereocenters. The molecule has 2 aromatic heterocycles. The number of hydrogen-bond donors (Lipinski definition) is 1. The maximum absolute atomic E-state index is 14.3. The van der Waals surface area contributed by atoms with Crippen LogP contribution in [0.4, 0.5) is 9.52 Å². The van der Waals surface area contributed by atoms with E-state index < -0.39 is 5.25 Å². The van der Waals surface area contributed by atoms with Gasteiger partial charge in [-0.05, 0) is 31.9 Å². The van der Waals surface area contributed by atoms with Gasteiger partial charge in [-0.1, -0.05) is 54.2 Å². The molecule has 5 rings (SSSR count). The summed E-state index contributed by atoms with van der Waals surface area (Å²) in [6, 6.07) is 16.6. The van der Waals surface area contributed by atoms with Crippen molar-refractivity contribution < 1.29 is 9.18 Å². The molecule has 2 aromatic carbocycles. The summed E-state index contributed by atoms with van der Waals surface area (Å²) in [7, 11) is 0. The van der Waals surface area contributed by atoms with Crippen molar-refractivity contribution in [2.75, 3.05) is 5.32 Å². The van der Waals surface area contributed by atoms with Crippen molar-refractivity contribution in [1.82, 2.24) is 19.7 Å². The van der Waals surface area contributed by atoms with Crippen LogP contribution in [0.2, 0.25) is 0 Å². The molecule has 6 nitrogen and oxygen atoms in total. The Morgan fingerprint density at radius 1 is 1.16 bits per heavy atom. The van der Waals surface area contributed by atoms with Crippen LogP contribution >= 0.6 is 23.1 Å². The number of carbonyl (C=O) groups is 1. The minimum absolute atomic E-state index is 0.165. The zero-order valence-corrected chi connectivity index (χ0v) is 18.9. The average Bonchev–Trinajstić information content (AvgIpc) is 3.39. The van der Waals surface area contributed by atoms with Gasteiger partial charge in [-0.15, -0.1) is 21.5 Å². The highest BCUT2D eigenvalue weighted by molar-refractivity contribution is 8.00. The molecule has 2 heterocycles. The Bertz CT molecular complexity index is 1250. The number of amides is 1. The number of hydrogen-bond acceptors (Lipinski definition) is 6. The Balaban J connectivity index is 1.31. The molecule has 1 aliphatic rings. The third kappa shape index (κ3) is 4.31. The SMILES string of the molecule is C[C@@H](Sc1nnc(-c2ccccc2F)n1C1CC1)C(=O)Nc1nc(-c2ccccc2)cs1. The van der Waals surface area contributed by atoms with E-state index in [-0.39, 0.29) is 17.8 Å². The lowest BCUT2D eigenvalue weighted by Crippen LogP contribution is -2.22. The van der Waals surface area contributed by atoms with E-state index in [0.717, 1.165) is 24.1 Å². The summed E-state index contributed by atoms with van der Waals surface area (Å²) >= 11 is 2.71. The van der Waals surface area contributed by atoms with Gasteiger partial charge in [0.05, 0.1) is 16.5 Å². The van der Waals surface area contributed by atoms with Crippen LogP contribution in [0.5, 0.6) is 0 Å². The molecule has 0 radical (unpaired) electrons. The molecule has 9 heteroatoms. The number of rotatable bonds is 7. The van der Waals surface area contributed by atoms with Gasteiger partial charge >= 0.3 is 0 Å². The fourth-order valence-corrected chi connectivity index (χ4v) is 4.98. The Hall–Kier alpha value is -3.04. The van der Waals surface area contributed by atoms with Gasteiger partial charge in [0, 0.05) is 17.0 Å². The summed E-state index contributed by atoms with van der Waals surface area (Å²) in [6.45, 7) is 1.82. The highest BCUT2D eigenvalue weighted by Gasteiger charge is 2.32. The largest absolute Gasteiger partial charge is 0.301 e. The van der Waals surface area contributed by atoms with E-state index in [1.54, 1.807) is 18.2 Å². The van der Waals surface area contributed by atoms with E-state index in [9.17, 15) is 9.18 Å². The first-order chi connectivity index (χ1) is 15.6. The van der Waals surface area contributed by atoms with Gasteiger partial charge in [-0.25, -0.2) is 9.37 Å². The number of aromatic nitrogens is 4. The molecule has 1 N–H and O–H groups in total. The molecular formula is C23H20FN5OS2. The molecule has 0 aliphatic heterocycles. The first kappa shape index (κ1) is 20.8. The van der Waals surface area contributed by atoms with E-state index in [4.69, 9.17) is 0 Å². The molecule has 1 atom stereocenters. The van der Waals surface area contributed by atoms with Gasteiger partial charge in [0.25, 0.3) is 0 Å². The fourth-order valence-electron chi connectivity index (χ4n) is 3.34. The molecule has 1 fully saturated rings. The minimum Gasteiger partial charge on any atom is -0.301 e. The standard InChI is InChI=1S/C23H20FN5OS2/c1-14(21(30)26-22-25-19(13-31-22)15-7-3-2-4-8-15)32-23-28-27-20(29(23)16-11-12-16)17-9-5-6-10-18(17)24/h2-10,13-14,16H,11-12H2,1H3,(H,25,26,30)/t14-/m1/s1. The maximum Gasteiger partial charge on any atom is 0.239 e. The number of nitrogens with one attached hydrogen (secondary N) is 1. The predicted molar refractivity (Wildman–Crippen MR) is 125 cm³/mol. The van der Waals surface area contributed by atoms with Crippen molar-refractivity contribution in [2.45, 2.75) is 36.2 Å². The number of benzene rings is 2. The summed E-state index contributed by atoms with van der Waals surface area (Å²) in [5.74, 6) is 0.0111. The van der Waals surface area contributed by atoms with Crippen LogP contribution in [0.15, 0.2) is 65.1 Å². The van der Waals surface area contributed by atoms with E-state index in [2.05, 4.69) is 20.5 Å². The lowest BCUT2D eigenvalue weighted by atomic mass is 10.2. The quantitative estimate of drug-likeness (QED) is 0.357. The van der Waals surface area contributed by atoms with Crippen molar-refractivity contribution in [3.05, 3.63) is 65.8 Å². The van der Waals surface area contributed by atoms with Crippen LogP contribution in [0.25, 0.3) is 22.6 Å². The van der Waals surface area contributed by atoms with E-state index >= 15 is 0 Å². The van der Waals surface area contributed by atoms with Gasteiger partial charge in [-0.2, -0.15) is 0 Å². The first-order valence-electron chi connectivity index (χ1n) is 10.3. The fraction of sp³-hybridized carbons (Fsp3) is 0.217. The first-order valence-corrected chi connectivity index (χ1v) is 12.0. The number of halogens is 1. The van der Waals surface area contributed by atoms with Crippen molar-refractivity contribution in [3.63, 3.8) is 0 Å². The summed E-state index contributed by atoms with van der Waals surface area (Å²) in [5, 5.41) is 14.1. The lowest BCUT2D eigenvalue weighted by molar-refractivity contribution is -0.115. The molecule has 4 aromatic rings. The van der Waals surface area contributed by atoms with Crippen molar-refractivity contribution in [1.29, 1.82) is 0 Å². The highest BCUT2D eigenvalue weighted by Crippen LogP contribution is 2.42. The van der Waals surface area contributed by atoms with Crippen LogP contribution in [-0.2, 0) is 4.79 Å². The summed E-state index contributed by atoms with van der Waals surface area (Å²) in [4.78, 5) is 17.3. The molecule has 32 heavy (non-hydrogen) atoms. The maximum atomic E-state index is 14.3. The number of thioether (sulfide) groups is 1. The van der Waals surface area contributed by atoms with Crippen LogP contribution in [0, 0.1) is 5.82 Å². The summed E-state index contributed by atoms with van der Waals surface area (Å²) in [6.07, 6.45) is 1.99. The van der Waals surface area contributed by atoms with Gasteiger partial charge in [0.15, 0.2) is 16.1 Å². The molecule has 1 aliphatic carbocycles. The van der Waals surface area contributed by atoms with Crippen molar-refractivity contribution >= 4 is 34.1 Å². The summed E-state index contributed by atoms with van der Waals surface area (Å²) in [5.41, 5.74) is 2.26. The predicted octanol–water partition coefficient (Wildman–Crippen LogP) is 5.66. The third-order valence-corrected chi connectivity index (χ3v) is 6.96. The number of carbonyl (C=O) groups excluding carboxylic acids is 1. The van der Waals surface area contributed by atoms with Crippen LogP contribution < -0.4 is 5.32 Å². The zero-order valence-electron chi connectivity index (χ0n) is 17.2. The Kier molecular flexibility index (Phi) is 5.75. The molecule has 0 spiro atoms. The number of nitrogens with zero attached hydrogens (tertiary/aromatic N) is 4. The molecule has 162 valence electrons. The lowest BCUT2D eigenvalue weighted by Gasteiger charge is -2.12. The highest BCUT2D eigenvalue weighted by atomic mass is 32.2. The van der Waals surface area contributed by atoms with Crippen molar-refractivity contribution in [3.8, 4) is 22.6 Å². The van der Waals surface area contributed by atoms with Gasteiger partial charge in [0.2, 0.25) is 5.91 Å². The molecule has 1 saturated carbocycles. The number of thiazole rings is 1. The minimum atomic E-state index is -0.422. The van der Waals surface area contributed by atoms with E-state index in [0.29, 0.717) is 21.7 Å². The second kappa shape index (κ2) is 8.84. The molecule has 1 amide bonds. The second-order valence-corrected chi connectivity index (χ2v) is 9.71. The molecule has 0 bridgehead atoms. The van der Waals surface area contributed by atoms with Gasteiger partial charge < -0.3 is 5.32 Å². The Labute approximate surface area is 192 Å². The van der Waals surface area contributed by atoms with Gasteiger partial charge in [-0.3, -0.25) is 9.36 Å². The third-order valence-electron chi connectivity index (χ3n) is 5.15. The second-order valence-electron chi connectivity index (χ2n) is 7.54. The summed E-state index contributed by atoms with van der Waals surface area (Å²) < 4.78 is 16.3. The molecule has 0 saturated heterocycles. The molecular weight excluding hydrogens is 445 g/mol. The number of anilines is 1. The normalized spacial score (nSPS) is 14.3. The van der Waals surface area contributed by atoms with E-state index in [1.165, 1.54) is 29.2 Å².